The van der Waals surface area contributed by atoms with Crippen molar-refractivity contribution >= 4 is 22.6 Å². The summed E-state index contributed by atoms with van der Waals surface area (Å²) in [5, 5.41) is 3.75. The zero-order valence-electron chi connectivity index (χ0n) is 8.14. The van der Waals surface area contributed by atoms with E-state index >= 15 is 0 Å². The number of anilines is 2. The fourth-order valence-corrected chi connectivity index (χ4v) is 1.48. The van der Waals surface area contributed by atoms with Gasteiger partial charge in [0.1, 0.15) is 0 Å². The van der Waals surface area contributed by atoms with Gasteiger partial charge >= 0.3 is 0 Å². The van der Waals surface area contributed by atoms with Gasteiger partial charge in [0.05, 0.1) is 24.1 Å². The van der Waals surface area contributed by atoms with E-state index in [9.17, 15) is 0 Å². The summed E-state index contributed by atoms with van der Waals surface area (Å²) in [7, 11) is 0. The molecule has 0 unspecified atom stereocenters. The molecule has 15 heavy (non-hydrogen) atoms. The Morgan fingerprint density at radius 1 is 1.40 bits per heavy atom. The standard InChI is InChI=1S/C8H10N6S/c1-5-2-11-6(3-10-5)4-12-8-13-7(9)14-15-8/h2-3H,4H2,1H3,(H3,9,12,13,14). The predicted octanol–water partition coefficient (Wildman–Crippen LogP) is 0.831. The van der Waals surface area contributed by atoms with Gasteiger partial charge in [0.2, 0.25) is 11.1 Å². The predicted molar refractivity (Wildman–Crippen MR) is 58.4 cm³/mol. The van der Waals surface area contributed by atoms with E-state index in [-0.39, 0.29) is 5.95 Å². The molecule has 3 N–H and O–H groups in total. The number of rotatable bonds is 3. The number of aromatic nitrogens is 4. The molecule has 0 aromatic carbocycles. The van der Waals surface area contributed by atoms with Crippen LogP contribution in [0.2, 0.25) is 0 Å². The minimum absolute atomic E-state index is 0.289. The summed E-state index contributed by atoms with van der Waals surface area (Å²) in [5.74, 6) is 0.289. The van der Waals surface area contributed by atoms with Gasteiger partial charge in [0, 0.05) is 17.7 Å². The second-order valence-corrected chi connectivity index (χ2v) is 3.71. The highest BCUT2D eigenvalue weighted by Crippen LogP contribution is 2.12. The van der Waals surface area contributed by atoms with Gasteiger partial charge in [-0.1, -0.05) is 0 Å². The molecule has 2 aromatic heterocycles. The van der Waals surface area contributed by atoms with Gasteiger partial charge in [0.25, 0.3) is 0 Å². The molecule has 0 bridgehead atoms. The van der Waals surface area contributed by atoms with Crippen molar-refractivity contribution in [3.8, 4) is 0 Å². The summed E-state index contributed by atoms with van der Waals surface area (Å²) in [6.45, 7) is 2.47. The molecule has 2 heterocycles. The molecule has 6 nitrogen and oxygen atoms in total. The van der Waals surface area contributed by atoms with E-state index in [2.05, 4.69) is 24.6 Å². The maximum absolute atomic E-state index is 5.39. The molecule has 0 fully saturated rings. The van der Waals surface area contributed by atoms with Crippen molar-refractivity contribution in [2.24, 2.45) is 0 Å². The van der Waals surface area contributed by atoms with E-state index in [1.165, 1.54) is 11.5 Å². The van der Waals surface area contributed by atoms with Crippen LogP contribution in [-0.2, 0) is 6.54 Å². The molecule has 0 saturated carbocycles. The SMILES string of the molecule is Cc1cnc(CNc2nc(N)ns2)cn1. The Kier molecular flexibility index (Phi) is 2.72. The molecule has 0 atom stereocenters. The Hall–Kier alpha value is -1.76. The van der Waals surface area contributed by atoms with E-state index in [0.717, 1.165) is 11.4 Å². The number of aryl methyl sites for hydroxylation is 1. The number of nitrogen functional groups attached to an aromatic ring is 1. The molecule has 0 aliphatic heterocycles. The van der Waals surface area contributed by atoms with Gasteiger partial charge in [-0.25, -0.2) is 0 Å². The van der Waals surface area contributed by atoms with Crippen molar-refractivity contribution in [2.45, 2.75) is 13.5 Å². The van der Waals surface area contributed by atoms with E-state index in [4.69, 9.17) is 5.73 Å². The van der Waals surface area contributed by atoms with E-state index in [1.54, 1.807) is 12.4 Å². The first-order valence-corrected chi connectivity index (χ1v) is 5.12. The van der Waals surface area contributed by atoms with E-state index in [1.807, 2.05) is 6.92 Å². The third-order valence-electron chi connectivity index (χ3n) is 1.70. The molecule has 78 valence electrons. The maximum Gasteiger partial charge on any atom is 0.233 e. The first-order valence-electron chi connectivity index (χ1n) is 4.34. The third-order valence-corrected chi connectivity index (χ3v) is 2.38. The zero-order chi connectivity index (χ0) is 10.7. The van der Waals surface area contributed by atoms with Crippen molar-refractivity contribution in [3.63, 3.8) is 0 Å². The van der Waals surface area contributed by atoms with Crippen molar-refractivity contribution in [1.29, 1.82) is 0 Å². The van der Waals surface area contributed by atoms with Crippen molar-refractivity contribution in [3.05, 3.63) is 23.8 Å². The number of nitrogens with one attached hydrogen (secondary N) is 1. The third kappa shape index (κ3) is 2.59. The molecule has 0 amide bonds. The summed E-state index contributed by atoms with van der Waals surface area (Å²) in [5.41, 5.74) is 7.15. The smallest absolute Gasteiger partial charge is 0.233 e. The molecule has 0 spiro atoms. The maximum atomic E-state index is 5.39. The monoisotopic (exact) mass is 222 g/mol. The van der Waals surface area contributed by atoms with Crippen LogP contribution in [-0.4, -0.2) is 19.3 Å². The largest absolute Gasteiger partial charge is 0.367 e. The van der Waals surface area contributed by atoms with Crippen LogP contribution in [0.1, 0.15) is 11.4 Å². The molecule has 0 radical (unpaired) electrons. The van der Waals surface area contributed by atoms with Crippen LogP contribution in [0.15, 0.2) is 12.4 Å². The number of hydrogen-bond donors (Lipinski definition) is 2. The number of nitrogens with two attached hydrogens (primary N) is 1. The first kappa shape index (κ1) is 9.78. The Labute approximate surface area is 90.8 Å². The number of hydrogen-bond acceptors (Lipinski definition) is 7. The van der Waals surface area contributed by atoms with Crippen LogP contribution in [0, 0.1) is 6.92 Å². The molecule has 0 aliphatic carbocycles. The lowest BCUT2D eigenvalue weighted by molar-refractivity contribution is 0.982. The Balaban J connectivity index is 1.96. The summed E-state index contributed by atoms with van der Waals surface area (Å²) >= 11 is 1.23. The van der Waals surface area contributed by atoms with E-state index in [0.29, 0.717) is 11.7 Å². The lowest BCUT2D eigenvalue weighted by Gasteiger charge is -2.00. The van der Waals surface area contributed by atoms with E-state index < -0.39 is 0 Å². The molecule has 7 heteroatoms. The first-order chi connectivity index (χ1) is 7.24. The quantitative estimate of drug-likeness (QED) is 0.799. The van der Waals surface area contributed by atoms with Crippen molar-refractivity contribution < 1.29 is 0 Å². The van der Waals surface area contributed by atoms with Gasteiger partial charge in [-0.2, -0.15) is 9.36 Å². The fourth-order valence-electron chi connectivity index (χ4n) is 0.983. The molecule has 2 aromatic rings. The molecule has 0 aliphatic rings. The lowest BCUT2D eigenvalue weighted by Crippen LogP contribution is -2.02. The summed E-state index contributed by atoms with van der Waals surface area (Å²) in [6.07, 6.45) is 3.46. The van der Waals surface area contributed by atoms with Crippen LogP contribution in [0.5, 0.6) is 0 Å². The fraction of sp³-hybridized carbons (Fsp3) is 0.250. The van der Waals surface area contributed by atoms with Gasteiger partial charge in [-0.15, -0.1) is 0 Å². The number of nitrogens with zero attached hydrogens (tertiary/aromatic N) is 4. The molecule has 0 saturated heterocycles. The summed E-state index contributed by atoms with van der Waals surface area (Å²) in [6, 6.07) is 0. The molecule has 2 rings (SSSR count). The Morgan fingerprint density at radius 3 is 2.87 bits per heavy atom. The highest BCUT2D eigenvalue weighted by Gasteiger charge is 2.00. The summed E-state index contributed by atoms with van der Waals surface area (Å²) in [4.78, 5) is 12.3. The highest BCUT2D eigenvalue weighted by molar-refractivity contribution is 7.09. The lowest BCUT2D eigenvalue weighted by atomic mass is 10.4. The van der Waals surface area contributed by atoms with Crippen LogP contribution >= 0.6 is 11.5 Å². The summed E-state index contributed by atoms with van der Waals surface area (Å²) < 4.78 is 3.85. The Bertz CT molecular complexity index is 437. The minimum atomic E-state index is 0.289. The second-order valence-electron chi connectivity index (χ2n) is 2.96. The Morgan fingerprint density at radius 2 is 2.27 bits per heavy atom. The molecular weight excluding hydrogens is 212 g/mol. The van der Waals surface area contributed by atoms with Gasteiger partial charge in [-0.3, -0.25) is 9.97 Å². The normalized spacial score (nSPS) is 10.2. The van der Waals surface area contributed by atoms with Gasteiger partial charge < -0.3 is 11.1 Å². The topological polar surface area (TPSA) is 89.6 Å². The zero-order valence-corrected chi connectivity index (χ0v) is 8.95. The van der Waals surface area contributed by atoms with Gasteiger partial charge in [0.15, 0.2) is 0 Å². The average molecular weight is 222 g/mol. The van der Waals surface area contributed by atoms with Crippen molar-refractivity contribution in [2.75, 3.05) is 11.1 Å². The second kappa shape index (κ2) is 4.18. The van der Waals surface area contributed by atoms with Crippen LogP contribution < -0.4 is 11.1 Å². The van der Waals surface area contributed by atoms with Crippen LogP contribution in [0.25, 0.3) is 0 Å². The average Bonchev–Trinajstić information content (AvgIpc) is 2.64. The van der Waals surface area contributed by atoms with Crippen molar-refractivity contribution in [1.82, 2.24) is 19.3 Å². The molecular formula is C8H10N6S. The van der Waals surface area contributed by atoms with Crippen LogP contribution in [0.4, 0.5) is 11.1 Å². The highest BCUT2D eigenvalue weighted by atomic mass is 32.1. The minimum Gasteiger partial charge on any atom is -0.367 e. The van der Waals surface area contributed by atoms with Crippen LogP contribution in [0.3, 0.4) is 0 Å². The van der Waals surface area contributed by atoms with Gasteiger partial charge in [-0.05, 0) is 6.92 Å².